The molecule has 1 amide bonds. The molecule has 1 aromatic heterocycles. The van der Waals surface area contributed by atoms with Crippen molar-refractivity contribution in [1.29, 1.82) is 0 Å². The third-order valence-corrected chi connectivity index (χ3v) is 3.52. The molecule has 0 unspecified atom stereocenters. The fourth-order valence-corrected chi connectivity index (χ4v) is 2.40. The van der Waals surface area contributed by atoms with Gasteiger partial charge < -0.3 is 14.5 Å². The highest BCUT2D eigenvalue weighted by Gasteiger charge is 2.29. The third kappa shape index (κ3) is 4.29. The van der Waals surface area contributed by atoms with Crippen LogP contribution in [-0.4, -0.2) is 52.7 Å². The van der Waals surface area contributed by atoms with E-state index < -0.39 is 11.4 Å². The molecule has 0 bridgehead atoms. The first-order valence-electron chi connectivity index (χ1n) is 7.44. The lowest BCUT2D eigenvalue weighted by Crippen LogP contribution is -2.50. The van der Waals surface area contributed by atoms with E-state index in [1.54, 1.807) is 11.9 Å². The molecule has 0 spiro atoms. The number of halogens is 1. The molecule has 2 heterocycles. The first kappa shape index (κ1) is 16.5. The molecule has 1 fully saturated rings. The molecule has 0 radical (unpaired) electrons. The average molecular weight is 310 g/mol. The lowest BCUT2D eigenvalue weighted by molar-refractivity contribution is 0.0209. The van der Waals surface area contributed by atoms with Crippen molar-refractivity contribution >= 4 is 12.0 Å². The molecule has 1 aliphatic rings. The predicted octanol–water partition coefficient (Wildman–Crippen LogP) is 2.45. The second-order valence-electron chi connectivity index (χ2n) is 6.53. The Morgan fingerprint density at radius 2 is 2.05 bits per heavy atom. The van der Waals surface area contributed by atoms with Crippen molar-refractivity contribution in [3.63, 3.8) is 0 Å². The minimum absolute atomic E-state index is 0.0252. The van der Waals surface area contributed by atoms with Crippen molar-refractivity contribution in [3.05, 3.63) is 18.2 Å². The largest absolute Gasteiger partial charge is 0.444 e. The van der Waals surface area contributed by atoms with Gasteiger partial charge in [-0.2, -0.15) is 0 Å². The van der Waals surface area contributed by atoms with Gasteiger partial charge in [0.2, 0.25) is 5.95 Å². The summed E-state index contributed by atoms with van der Waals surface area (Å²) >= 11 is 0. The van der Waals surface area contributed by atoms with Gasteiger partial charge >= 0.3 is 6.09 Å². The molecule has 0 aromatic carbocycles. The number of amides is 1. The summed E-state index contributed by atoms with van der Waals surface area (Å²) in [5, 5.41) is 0. The number of likely N-dealkylation sites (N-methyl/N-ethyl adjacent to an activating group) is 1. The number of carbonyl (C=O) groups excluding carboxylic acids is 1. The zero-order chi connectivity index (χ0) is 16.3. The van der Waals surface area contributed by atoms with Gasteiger partial charge in [-0.3, -0.25) is 0 Å². The number of aromatic nitrogens is 2. The van der Waals surface area contributed by atoms with Crippen LogP contribution in [0, 0.1) is 5.82 Å². The molecule has 1 saturated heterocycles. The minimum Gasteiger partial charge on any atom is -0.444 e. The quantitative estimate of drug-likeness (QED) is 0.840. The molecular formula is C15H23FN4O2. The van der Waals surface area contributed by atoms with Crippen molar-refractivity contribution < 1.29 is 13.9 Å². The Kier molecular flexibility index (Phi) is 4.83. The van der Waals surface area contributed by atoms with Crippen molar-refractivity contribution in [1.82, 2.24) is 14.9 Å². The zero-order valence-electron chi connectivity index (χ0n) is 13.5. The Morgan fingerprint density at radius 1 is 1.41 bits per heavy atom. The van der Waals surface area contributed by atoms with Crippen LogP contribution in [0.3, 0.4) is 0 Å². The van der Waals surface area contributed by atoms with Crippen LogP contribution < -0.4 is 4.90 Å². The molecule has 0 N–H and O–H groups in total. The maximum atomic E-state index is 12.9. The van der Waals surface area contributed by atoms with Crippen LogP contribution in [0.2, 0.25) is 0 Å². The number of nitrogens with zero attached hydrogens (tertiary/aromatic N) is 4. The minimum atomic E-state index is -0.514. The molecule has 1 atom stereocenters. The predicted molar refractivity (Wildman–Crippen MR) is 81.2 cm³/mol. The smallest absolute Gasteiger partial charge is 0.410 e. The SMILES string of the molecule is CN(C(=O)OC(C)(C)C)[C@H]1CCCN(c2ncc(F)cn2)C1. The van der Waals surface area contributed by atoms with E-state index in [1.165, 1.54) is 0 Å². The molecule has 7 heteroatoms. The lowest BCUT2D eigenvalue weighted by atomic mass is 10.1. The van der Waals surface area contributed by atoms with Gasteiger partial charge in [-0.15, -0.1) is 0 Å². The van der Waals surface area contributed by atoms with Gasteiger partial charge in [-0.25, -0.2) is 19.2 Å². The molecule has 6 nitrogen and oxygen atoms in total. The summed E-state index contributed by atoms with van der Waals surface area (Å²) in [6.45, 7) is 6.94. The van der Waals surface area contributed by atoms with E-state index in [4.69, 9.17) is 4.74 Å². The molecular weight excluding hydrogens is 287 g/mol. The summed E-state index contributed by atoms with van der Waals surface area (Å²) in [4.78, 5) is 23.8. The summed E-state index contributed by atoms with van der Waals surface area (Å²) in [6, 6.07) is 0.0252. The van der Waals surface area contributed by atoms with Crippen molar-refractivity contribution in [2.24, 2.45) is 0 Å². The van der Waals surface area contributed by atoms with E-state index in [0.717, 1.165) is 31.8 Å². The monoisotopic (exact) mass is 310 g/mol. The summed E-state index contributed by atoms with van der Waals surface area (Å²) in [5.74, 6) is 0.0341. The first-order chi connectivity index (χ1) is 10.3. The van der Waals surface area contributed by atoms with Crippen LogP contribution in [0.25, 0.3) is 0 Å². The molecule has 1 aliphatic heterocycles. The zero-order valence-corrected chi connectivity index (χ0v) is 13.5. The topological polar surface area (TPSA) is 58.6 Å². The van der Waals surface area contributed by atoms with Gasteiger partial charge in [-0.1, -0.05) is 0 Å². The standard InChI is InChI=1S/C15H23FN4O2/c1-15(2,3)22-14(21)19(4)12-6-5-7-20(10-12)13-17-8-11(16)9-18-13/h8-9,12H,5-7,10H2,1-4H3/t12-/m0/s1. The molecule has 1 aromatic rings. The number of rotatable bonds is 2. The van der Waals surface area contributed by atoms with Gasteiger partial charge in [0, 0.05) is 20.1 Å². The highest BCUT2D eigenvalue weighted by molar-refractivity contribution is 5.68. The Balaban J connectivity index is 2.00. The summed E-state index contributed by atoms with van der Waals surface area (Å²) < 4.78 is 18.3. The van der Waals surface area contributed by atoms with Gasteiger partial charge in [0.05, 0.1) is 18.4 Å². The van der Waals surface area contributed by atoms with Crippen LogP contribution in [0.5, 0.6) is 0 Å². The van der Waals surface area contributed by atoms with Crippen molar-refractivity contribution in [3.8, 4) is 0 Å². The van der Waals surface area contributed by atoms with Crippen LogP contribution in [0.15, 0.2) is 12.4 Å². The van der Waals surface area contributed by atoms with Gasteiger partial charge in [0.1, 0.15) is 5.60 Å². The summed E-state index contributed by atoms with van der Waals surface area (Å²) in [5.41, 5.74) is -0.514. The number of hydrogen-bond acceptors (Lipinski definition) is 5. The number of ether oxygens (including phenoxy) is 1. The van der Waals surface area contributed by atoms with Gasteiger partial charge in [-0.05, 0) is 33.6 Å². The van der Waals surface area contributed by atoms with E-state index in [9.17, 15) is 9.18 Å². The fraction of sp³-hybridized carbons (Fsp3) is 0.667. The van der Waals surface area contributed by atoms with Gasteiger partial charge in [0.15, 0.2) is 5.82 Å². The summed E-state index contributed by atoms with van der Waals surface area (Å²) in [6.07, 6.45) is 3.79. The third-order valence-electron chi connectivity index (χ3n) is 3.52. The maximum absolute atomic E-state index is 12.9. The Labute approximate surface area is 130 Å². The van der Waals surface area contributed by atoms with Crippen LogP contribution in [-0.2, 0) is 4.74 Å². The molecule has 22 heavy (non-hydrogen) atoms. The van der Waals surface area contributed by atoms with E-state index >= 15 is 0 Å². The number of anilines is 1. The normalized spacial score (nSPS) is 19.0. The van der Waals surface area contributed by atoms with Crippen molar-refractivity contribution in [2.75, 3.05) is 25.0 Å². The summed E-state index contributed by atoms with van der Waals surface area (Å²) in [7, 11) is 1.74. The second-order valence-corrected chi connectivity index (χ2v) is 6.53. The highest BCUT2D eigenvalue weighted by atomic mass is 19.1. The van der Waals surface area contributed by atoms with Gasteiger partial charge in [0.25, 0.3) is 0 Å². The Morgan fingerprint density at radius 3 is 2.64 bits per heavy atom. The van der Waals surface area contributed by atoms with E-state index in [2.05, 4.69) is 9.97 Å². The Hall–Kier alpha value is -1.92. The molecule has 0 saturated carbocycles. The molecule has 2 rings (SSSR count). The lowest BCUT2D eigenvalue weighted by Gasteiger charge is -2.38. The number of hydrogen-bond donors (Lipinski definition) is 0. The molecule has 122 valence electrons. The number of carbonyl (C=O) groups is 1. The fourth-order valence-electron chi connectivity index (χ4n) is 2.40. The van der Waals surface area contributed by atoms with E-state index in [1.807, 2.05) is 25.7 Å². The Bertz CT molecular complexity index is 515. The van der Waals surface area contributed by atoms with Crippen LogP contribution in [0.4, 0.5) is 15.1 Å². The number of piperidine rings is 1. The second kappa shape index (κ2) is 6.46. The first-order valence-corrected chi connectivity index (χ1v) is 7.44. The van der Waals surface area contributed by atoms with E-state index in [0.29, 0.717) is 12.5 Å². The average Bonchev–Trinajstić information content (AvgIpc) is 2.45. The van der Waals surface area contributed by atoms with Crippen LogP contribution in [0.1, 0.15) is 33.6 Å². The molecule has 0 aliphatic carbocycles. The highest BCUT2D eigenvalue weighted by Crippen LogP contribution is 2.20. The van der Waals surface area contributed by atoms with E-state index in [-0.39, 0.29) is 12.1 Å². The van der Waals surface area contributed by atoms with Crippen LogP contribution >= 0.6 is 0 Å². The van der Waals surface area contributed by atoms with Crippen molar-refractivity contribution in [2.45, 2.75) is 45.3 Å². The maximum Gasteiger partial charge on any atom is 0.410 e.